The molecule has 4 aliphatic heterocycles. The molecule has 6 aromatic rings. The van der Waals surface area contributed by atoms with Gasteiger partial charge in [-0.15, -0.1) is 0 Å². The number of halogens is 2. The number of amides is 4. The Morgan fingerprint density at radius 3 is 1.77 bits per heavy atom. The molecule has 0 bridgehead atoms. The van der Waals surface area contributed by atoms with Crippen LogP contribution in [0.3, 0.4) is 0 Å². The van der Waals surface area contributed by atoms with Crippen molar-refractivity contribution in [2.75, 3.05) is 43.3 Å². The Labute approximate surface area is 377 Å². The molecule has 0 radical (unpaired) electrons. The van der Waals surface area contributed by atoms with Gasteiger partial charge in [0.2, 0.25) is 35.5 Å². The maximum Gasteiger partial charge on any atom is 0.229 e. The number of aromatic nitrogens is 6. The number of hydrogen-bond donors (Lipinski definition) is 2. The number of nitrogens with zero attached hydrogens (tertiary/aromatic N) is 10. The van der Waals surface area contributed by atoms with Crippen LogP contribution in [0.25, 0.3) is 11.3 Å². The standard InChI is InChI=1S/C46H40Cl2N12O4/c47-34-26-51-45(52-30-20-32(24-49-22-30)57-17-5-11-37(57)61)55-43(34)59-36(14-16-39(59)63)28-9-4-10-29(19-28)42-41(48)44(60-35(13-15-40(60)64)27-7-2-1-3-8-27)56-46(54-42)53-31-21-33(25-50-23-31)58-18-6-12-38(58)62/h1-4,7-10,19-26,35-36H,5-6,11-18H2,(H,51,52,55)(H,53,54,56)/t35-,36+/m0/s1. The van der Waals surface area contributed by atoms with E-state index >= 15 is 0 Å². The predicted octanol–water partition coefficient (Wildman–Crippen LogP) is 8.51. The summed E-state index contributed by atoms with van der Waals surface area (Å²) >= 11 is 14.1. The highest BCUT2D eigenvalue weighted by Gasteiger charge is 2.38. The number of carbonyl (C=O) groups excluding carboxylic acids is 4. The molecule has 16 nitrogen and oxygen atoms in total. The molecule has 2 atom stereocenters. The topological polar surface area (TPSA) is 183 Å². The molecule has 8 heterocycles. The van der Waals surface area contributed by atoms with E-state index in [4.69, 9.17) is 38.2 Å². The van der Waals surface area contributed by atoms with Gasteiger partial charge in [0.05, 0.1) is 71.5 Å². The second kappa shape index (κ2) is 17.3. The van der Waals surface area contributed by atoms with Crippen LogP contribution in [0.15, 0.2) is 97.7 Å². The minimum atomic E-state index is -0.471. The van der Waals surface area contributed by atoms with Crippen LogP contribution in [0.2, 0.25) is 10.0 Å². The quantitative estimate of drug-likeness (QED) is 0.127. The van der Waals surface area contributed by atoms with E-state index in [1.165, 1.54) is 6.20 Å². The van der Waals surface area contributed by atoms with E-state index in [0.717, 1.165) is 24.0 Å². The molecule has 10 rings (SSSR count). The van der Waals surface area contributed by atoms with E-state index in [1.807, 2.05) is 60.7 Å². The van der Waals surface area contributed by atoms with Crippen LogP contribution in [0.1, 0.15) is 74.6 Å². The third kappa shape index (κ3) is 7.94. The summed E-state index contributed by atoms with van der Waals surface area (Å²) in [5.74, 6) is 0.607. The van der Waals surface area contributed by atoms with Crippen molar-refractivity contribution < 1.29 is 19.2 Å². The van der Waals surface area contributed by atoms with Crippen molar-refractivity contribution in [3.05, 3.63) is 119 Å². The zero-order chi connectivity index (χ0) is 43.9. The van der Waals surface area contributed by atoms with E-state index in [2.05, 4.69) is 25.6 Å². The van der Waals surface area contributed by atoms with Gasteiger partial charge < -0.3 is 20.4 Å². The summed E-state index contributed by atoms with van der Waals surface area (Å²) in [6.45, 7) is 1.22. The molecule has 0 saturated carbocycles. The number of nitrogens with one attached hydrogen (secondary N) is 2. The molecular weight excluding hydrogens is 855 g/mol. The summed E-state index contributed by atoms with van der Waals surface area (Å²) in [4.78, 5) is 86.8. The summed E-state index contributed by atoms with van der Waals surface area (Å²) in [6, 6.07) is 20.2. The molecule has 0 unspecified atom stereocenters. The fourth-order valence-electron chi connectivity index (χ4n) is 8.92. The van der Waals surface area contributed by atoms with Gasteiger partial charge in [-0.05, 0) is 55.0 Å². The molecule has 4 fully saturated rings. The Kier molecular flexibility index (Phi) is 11.1. The number of pyridine rings is 2. The third-order valence-corrected chi connectivity index (χ3v) is 12.5. The van der Waals surface area contributed by atoms with Gasteiger partial charge in [0.25, 0.3) is 0 Å². The van der Waals surface area contributed by atoms with Crippen molar-refractivity contribution in [2.45, 2.75) is 63.5 Å². The molecule has 322 valence electrons. The van der Waals surface area contributed by atoms with E-state index in [9.17, 15) is 19.2 Å². The number of rotatable bonds is 11. The SMILES string of the molecule is O=C1CCCN1c1cncc(Nc2ncc(Cl)c(N3C(=O)CC[C@@H]3c3cccc(-c4nc(Nc5cncc(N6CCCC6=O)c5)nc(N5C(=O)CC[C@H]5c5ccccc5)c4Cl)c3)n2)c1. The molecule has 4 aromatic heterocycles. The molecule has 18 heteroatoms. The van der Waals surface area contributed by atoms with Crippen LogP contribution in [0.4, 0.5) is 46.3 Å². The van der Waals surface area contributed by atoms with Crippen LogP contribution in [-0.2, 0) is 19.2 Å². The van der Waals surface area contributed by atoms with Crippen LogP contribution >= 0.6 is 23.2 Å². The van der Waals surface area contributed by atoms with Gasteiger partial charge in [-0.1, -0.05) is 71.7 Å². The Morgan fingerprint density at radius 1 is 0.562 bits per heavy atom. The van der Waals surface area contributed by atoms with Crippen molar-refractivity contribution in [2.24, 2.45) is 0 Å². The molecule has 4 saturated heterocycles. The van der Waals surface area contributed by atoms with E-state index in [1.54, 1.807) is 50.5 Å². The fraction of sp³-hybridized carbons (Fsp3) is 0.261. The fourth-order valence-corrected chi connectivity index (χ4v) is 9.38. The Bertz CT molecular complexity index is 2830. The van der Waals surface area contributed by atoms with Gasteiger partial charge in [-0.25, -0.2) is 9.97 Å². The average Bonchev–Trinajstić information content (AvgIpc) is 4.13. The average molecular weight is 896 g/mol. The van der Waals surface area contributed by atoms with Crippen molar-refractivity contribution in [1.82, 2.24) is 29.9 Å². The first-order chi connectivity index (χ1) is 31.2. The first-order valence-electron chi connectivity index (χ1n) is 21.1. The van der Waals surface area contributed by atoms with Gasteiger partial charge in [0.1, 0.15) is 10.0 Å². The lowest BCUT2D eigenvalue weighted by molar-refractivity contribution is -0.118. The van der Waals surface area contributed by atoms with Crippen LogP contribution in [0, 0.1) is 0 Å². The first-order valence-corrected chi connectivity index (χ1v) is 21.9. The predicted molar refractivity (Wildman–Crippen MR) is 243 cm³/mol. The molecule has 2 aromatic carbocycles. The summed E-state index contributed by atoms with van der Waals surface area (Å²) < 4.78 is 0. The second-order valence-electron chi connectivity index (χ2n) is 16.0. The number of carbonyl (C=O) groups is 4. The smallest absolute Gasteiger partial charge is 0.229 e. The molecule has 0 aliphatic carbocycles. The summed E-state index contributed by atoms with van der Waals surface area (Å²) in [6.07, 6.45) is 12.1. The van der Waals surface area contributed by atoms with E-state index in [0.29, 0.717) is 79.2 Å². The monoisotopic (exact) mass is 894 g/mol. The third-order valence-electron chi connectivity index (χ3n) is 11.9. The summed E-state index contributed by atoms with van der Waals surface area (Å²) in [7, 11) is 0. The maximum atomic E-state index is 13.8. The zero-order valence-corrected chi connectivity index (χ0v) is 35.8. The van der Waals surface area contributed by atoms with Crippen molar-refractivity contribution in [3.8, 4) is 11.3 Å². The van der Waals surface area contributed by atoms with Crippen LogP contribution in [-0.4, -0.2) is 66.6 Å². The lowest BCUT2D eigenvalue weighted by atomic mass is 10.00. The number of hydrogen-bond acceptors (Lipinski definition) is 12. The zero-order valence-electron chi connectivity index (χ0n) is 34.3. The molecular formula is C46H40Cl2N12O4. The van der Waals surface area contributed by atoms with Crippen LogP contribution < -0.4 is 30.2 Å². The molecule has 2 N–H and O–H groups in total. The molecule has 4 aliphatic rings. The van der Waals surface area contributed by atoms with Crippen molar-refractivity contribution >= 4 is 93.1 Å². The van der Waals surface area contributed by atoms with E-state index < -0.39 is 6.04 Å². The van der Waals surface area contributed by atoms with Gasteiger partial charge in [0.15, 0.2) is 11.6 Å². The van der Waals surface area contributed by atoms with Gasteiger partial charge >= 0.3 is 0 Å². The maximum absolute atomic E-state index is 13.8. The molecule has 64 heavy (non-hydrogen) atoms. The molecule has 4 amide bonds. The largest absolute Gasteiger partial charge is 0.323 e. The number of anilines is 8. The lowest BCUT2D eigenvalue weighted by Gasteiger charge is -2.27. The van der Waals surface area contributed by atoms with Crippen LogP contribution in [0.5, 0.6) is 0 Å². The Hall–Kier alpha value is -7.04. The van der Waals surface area contributed by atoms with E-state index in [-0.39, 0.29) is 69.7 Å². The summed E-state index contributed by atoms with van der Waals surface area (Å²) in [5, 5.41) is 6.80. The van der Waals surface area contributed by atoms with Crippen molar-refractivity contribution in [1.29, 1.82) is 0 Å². The second-order valence-corrected chi connectivity index (χ2v) is 16.8. The normalized spacial score (nSPS) is 18.8. The lowest BCUT2D eigenvalue weighted by Crippen LogP contribution is -2.29. The Morgan fingerprint density at radius 2 is 1.14 bits per heavy atom. The highest BCUT2D eigenvalue weighted by Crippen LogP contribution is 2.45. The summed E-state index contributed by atoms with van der Waals surface area (Å²) in [5.41, 5.74) is 5.12. The highest BCUT2D eigenvalue weighted by molar-refractivity contribution is 6.36. The van der Waals surface area contributed by atoms with Gasteiger partial charge in [-0.2, -0.15) is 9.97 Å². The first kappa shape index (κ1) is 41.0. The minimum absolute atomic E-state index is 0.0306. The van der Waals surface area contributed by atoms with Crippen molar-refractivity contribution in [3.63, 3.8) is 0 Å². The van der Waals surface area contributed by atoms with Gasteiger partial charge in [0, 0.05) is 44.3 Å². The highest BCUT2D eigenvalue weighted by atomic mass is 35.5. The minimum Gasteiger partial charge on any atom is -0.323 e. The number of benzene rings is 2. The Balaban J connectivity index is 0.999. The molecule has 0 spiro atoms. The van der Waals surface area contributed by atoms with Gasteiger partial charge in [-0.3, -0.25) is 38.9 Å².